The molecule has 2 aromatic rings. The molecule has 0 aromatic carbocycles. The monoisotopic (exact) mass is 286 g/mol. The van der Waals surface area contributed by atoms with Gasteiger partial charge >= 0.3 is 0 Å². The highest BCUT2D eigenvalue weighted by Crippen LogP contribution is 2.28. The first-order chi connectivity index (χ1) is 9.76. The Morgan fingerprint density at radius 2 is 2.35 bits per heavy atom. The Morgan fingerprint density at radius 3 is 3.10 bits per heavy atom. The van der Waals surface area contributed by atoms with Crippen molar-refractivity contribution in [2.45, 2.75) is 19.1 Å². The van der Waals surface area contributed by atoms with Crippen LogP contribution in [0.5, 0.6) is 0 Å². The van der Waals surface area contributed by atoms with Crippen molar-refractivity contribution in [3.8, 4) is 6.07 Å². The van der Waals surface area contributed by atoms with Crippen LogP contribution in [0.15, 0.2) is 29.2 Å². The third-order valence-corrected chi connectivity index (χ3v) is 3.97. The molecule has 3 heterocycles. The number of nitrogens with zero attached hydrogens (tertiary/aromatic N) is 4. The number of rotatable bonds is 2. The van der Waals surface area contributed by atoms with Crippen LogP contribution < -0.4 is 4.90 Å². The zero-order valence-electron chi connectivity index (χ0n) is 11.1. The van der Waals surface area contributed by atoms with Crippen molar-refractivity contribution in [3.63, 3.8) is 0 Å². The predicted octanol–water partition coefficient (Wildman–Crippen LogP) is 2.38. The Hall–Kier alpha value is -1.97. The Balaban J connectivity index is 1.84. The van der Waals surface area contributed by atoms with Crippen LogP contribution in [-0.2, 0) is 4.74 Å². The number of ether oxygens (including phenoxy) is 1. The normalized spacial score (nSPS) is 22.5. The quantitative estimate of drug-likeness (QED) is 0.848. The van der Waals surface area contributed by atoms with E-state index < -0.39 is 0 Å². The van der Waals surface area contributed by atoms with Gasteiger partial charge < -0.3 is 9.64 Å². The zero-order valence-corrected chi connectivity index (χ0v) is 11.9. The molecule has 0 aliphatic carbocycles. The highest BCUT2D eigenvalue weighted by Gasteiger charge is 2.27. The second kappa shape index (κ2) is 5.57. The van der Waals surface area contributed by atoms with E-state index in [1.54, 1.807) is 17.4 Å². The van der Waals surface area contributed by atoms with Gasteiger partial charge in [-0.3, -0.25) is 0 Å². The van der Waals surface area contributed by atoms with Gasteiger partial charge in [-0.05, 0) is 29.3 Å². The van der Waals surface area contributed by atoms with Crippen LogP contribution >= 0.6 is 11.3 Å². The summed E-state index contributed by atoms with van der Waals surface area (Å²) < 4.78 is 6.00. The van der Waals surface area contributed by atoms with Crippen molar-refractivity contribution < 1.29 is 4.74 Å². The molecule has 3 rings (SSSR count). The Labute approximate surface area is 121 Å². The summed E-state index contributed by atoms with van der Waals surface area (Å²) in [6, 6.07) is 5.86. The van der Waals surface area contributed by atoms with Gasteiger partial charge in [0.1, 0.15) is 30.0 Å². The van der Waals surface area contributed by atoms with Crippen LogP contribution in [-0.4, -0.2) is 29.2 Å². The highest BCUT2D eigenvalue weighted by atomic mass is 32.1. The number of hydrogen-bond donors (Lipinski definition) is 0. The van der Waals surface area contributed by atoms with E-state index in [9.17, 15) is 0 Å². The van der Waals surface area contributed by atoms with Gasteiger partial charge in [-0.15, -0.1) is 0 Å². The lowest BCUT2D eigenvalue weighted by Crippen LogP contribution is -2.43. The largest absolute Gasteiger partial charge is 0.367 e. The Kier molecular flexibility index (Phi) is 3.63. The lowest BCUT2D eigenvalue weighted by atomic mass is 10.1. The average Bonchev–Trinajstić information content (AvgIpc) is 3.01. The summed E-state index contributed by atoms with van der Waals surface area (Å²) in [4.78, 5) is 10.3. The van der Waals surface area contributed by atoms with Gasteiger partial charge in [-0.2, -0.15) is 16.6 Å². The van der Waals surface area contributed by atoms with Crippen molar-refractivity contribution in [1.29, 1.82) is 5.26 Å². The van der Waals surface area contributed by atoms with Crippen molar-refractivity contribution in [3.05, 3.63) is 40.5 Å². The van der Waals surface area contributed by atoms with Crippen molar-refractivity contribution in [2.75, 3.05) is 18.0 Å². The van der Waals surface area contributed by atoms with E-state index in [1.165, 1.54) is 11.9 Å². The molecule has 20 heavy (non-hydrogen) atoms. The molecule has 5 nitrogen and oxygen atoms in total. The van der Waals surface area contributed by atoms with Gasteiger partial charge in [0.05, 0.1) is 6.10 Å². The van der Waals surface area contributed by atoms with Gasteiger partial charge in [0.2, 0.25) is 0 Å². The van der Waals surface area contributed by atoms with E-state index in [2.05, 4.69) is 38.6 Å². The predicted molar refractivity (Wildman–Crippen MR) is 76.6 cm³/mol. The minimum absolute atomic E-state index is 0.0468. The second-order valence-corrected chi connectivity index (χ2v) is 5.55. The van der Waals surface area contributed by atoms with E-state index in [1.807, 2.05) is 6.07 Å². The van der Waals surface area contributed by atoms with Crippen molar-refractivity contribution in [1.82, 2.24) is 9.97 Å². The third-order valence-electron chi connectivity index (χ3n) is 3.27. The molecule has 1 saturated heterocycles. The number of hydrogen-bond acceptors (Lipinski definition) is 6. The lowest BCUT2D eigenvalue weighted by Gasteiger charge is -2.37. The van der Waals surface area contributed by atoms with Crippen molar-refractivity contribution in [2.24, 2.45) is 0 Å². The number of anilines is 1. The molecule has 0 bridgehead atoms. The fraction of sp³-hybridized carbons (Fsp3) is 0.357. The molecule has 0 unspecified atom stereocenters. The summed E-state index contributed by atoms with van der Waals surface area (Å²) in [6.45, 7) is 3.56. The van der Waals surface area contributed by atoms with Crippen LogP contribution in [0.2, 0.25) is 0 Å². The molecular weight excluding hydrogens is 272 g/mol. The molecule has 0 N–H and O–H groups in total. The SMILES string of the molecule is C[C@H]1CN(c2cc(C#N)ncn2)C[C@H](c2ccsc2)O1. The molecule has 2 aromatic heterocycles. The fourth-order valence-corrected chi connectivity index (χ4v) is 3.06. The van der Waals surface area contributed by atoms with E-state index in [-0.39, 0.29) is 12.2 Å². The lowest BCUT2D eigenvalue weighted by molar-refractivity contribution is -0.0174. The molecule has 2 atom stereocenters. The topological polar surface area (TPSA) is 62.0 Å². The highest BCUT2D eigenvalue weighted by molar-refractivity contribution is 7.07. The third kappa shape index (κ3) is 2.64. The molecule has 0 amide bonds. The summed E-state index contributed by atoms with van der Waals surface area (Å²) in [7, 11) is 0. The molecule has 0 spiro atoms. The first-order valence-corrected chi connectivity index (χ1v) is 7.35. The van der Waals surface area contributed by atoms with Crippen LogP contribution in [0.3, 0.4) is 0 Å². The molecule has 1 aliphatic heterocycles. The average molecular weight is 286 g/mol. The first-order valence-electron chi connectivity index (χ1n) is 6.41. The molecule has 6 heteroatoms. The molecular formula is C14H14N4OS. The summed E-state index contributed by atoms with van der Waals surface area (Å²) in [5.74, 6) is 0.784. The summed E-state index contributed by atoms with van der Waals surface area (Å²) in [5.41, 5.74) is 1.59. The number of nitriles is 1. The van der Waals surface area contributed by atoms with E-state index in [4.69, 9.17) is 10.00 Å². The number of morpholine rings is 1. The number of aromatic nitrogens is 2. The minimum atomic E-state index is 0.0468. The zero-order chi connectivity index (χ0) is 13.9. The maximum atomic E-state index is 8.93. The molecule has 0 saturated carbocycles. The molecule has 0 radical (unpaired) electrons. The molecule has 1 fully saturated rings. The van der Waals surface area contributed by atoms with Crippen molar-refractivity contribution >= 4 is 17.2 Å². The van der Waals surface area contributed by atoms with Gasteiger partial charge in [0, 0.05) is 19.2 Å². The van der Waals surface area contributed by atoms with E-state index >= 15 is 0 Å². The van der Waals surface area contributed by atoms with Crippen LogP contribution in [0.4, 0.5) is 5.82 Å². The van der Waals surface area contributed by atoms with E-state index in [0.717, 1.165) is 18.9 Å². The maximum absolute atomic E-state index is 8.93. The van der Waals surface area contributed by atoms with Crippen LogP contribution in [0, 0.1) is 11.3 Å². The summed E-state index contributed by atoms with van der Waals surface area (Å²) in [6.07, 6.45) is 1.60. The van der Waals surface area contributed by atoms with Gasteiger partial charge in [0.15, 0.2) is 0 Å². The summed E-state index contributed by atoms with van der Waals surface area (Å²) >= 11 is 1.67. The van der Waals surface area contributed by atoms with E-state index in [0.29, 0.717) is 5.69 Å². The van der Waals surface area contributed by atoms with Gasteiger partial charge in [-0.25, -0.2) is 9.97 Å². The first kappa shape index (κ1) is 13.0. The van der Waals surface area contributed by atoms with Gasteiger partial charge in [0.25, 0.3) is 0 Å². The Morgan fingerprint density at radius 1 is 1.45 bits per heavy atom. The van der Waals surface area contributed by atoms with Crippen LogP contribution in [0.25, 0.3) is 0 Å². The summed E-state index contributed by atoms with van der Waals surface area (Å²) in [5, 5.41) is 13.1. The maximum Gasteiger partial charge on any atom is 0.145 e. The molecule has 1 aliphatic rings. The Bertz CT molecular complexity index is 622. The standard InChI is InChI=1S/C14H14N4OS/c1-10-6-18(14-4-12(5-15)16-9-17-14)7-13(19-10)11-2-3-20-8-11/h2-4,8-10,13H,6-7H2,1H3/t10-,13+/m0/s1. The van der Waals surface area contributed by atoms with Gasteiger partial charge in [-0.1, -0.05) is 0 Å². The minimum Gasteiger partial charge on any atom is -0.367 e. The second-order valence-electron chi connectivity index (χ2n) is 4.77. The van der Waals surface area contributed by atoms with Crippen LogP contribution in [0.1, 0.15) is 24.3 Å². The number of thiophene rings is 1. The smallest absolute Gasteiger partial charge is 0.145 e. The fourth-order valence-electron chi connectivity index (χ4n) is 2.36. The molecule has 102 valence electrons.